The van der Waals surface area contributed by atoms with E-state index in [0.29, 0.717) is 29.7 Å². The van der Waals surface area contributed by atoms with Crippen LogP contribution in [0.5, 0.6) is 0 Å². The highest BCUT2D eigenvalue weighted by Gasteiger charge is 2.22. The lowest BCUT2D eigenvalue weighted by Crippen LogP contribution is -2.35. The monoisotopic (exact) mass is 359 g/mol. The highest BCUT2D eigenvalue weighted by atomic mass is 35.5. The predicted octanol–water partition coefficient (Wildman–Crippen LogP) is 3.29. The van der Waals surface area contributed by atoms with Crippen LogP contribution >= 0.6 is 11.6 Å². The van der Waals surface area contributed by atoms with E-state index >= 15 is 0 Å². The summed E-state index contributed by atoms with van der Waals surface area (Å²) in [4.78, 5) is 18.2. The van der Waals surface area contributed by atoms with Gasteiger partial charge in [0.05, 0.1) is 5.69 Å². The lowest BCUT2D eigenvalue weighted by Gasteiger charge is -2.26. The van der Waals surface area contributed by atoms with E-state index in [2.05, 4.69) is 35.2 Å². The first-order chi connectivity index (χ1) is 12.0. The van der Waals surface area contributed by atoms with E-state index in [1.54, 1.807) is 10.9 Å². The maximum absolute atomic E-state index is 12.2. The van der Waals surface area contributed by atoms with E-state index in [4.69, 9.17) is 11.6 Å². The van der Waals surface area contributed by atoms with Gasteiger partial charge in [0, 0.05) is 25.7 Å². The van der Waals surface area contributed by atoms with Crippen molar-refractivity contribution in [3.8, 4) is 5.69 Å². The zero-order chi connectivity index (χ0) is 18.0. The first-order valence-corrected chi connectivity index (χ1v) is 8.85. The number of pyridine rings is 1. The highest BCUT2D eigenvalue weighted by molar-refractivity contribution is 6.31. The second-order valence-corrected chi connectivity index (χ2v) is 7.02. The summed E-state index contributed by atoms with van der Waals surface area (Å²) in [5.74, 6) is 0.595. The van der Waals surface area contributed by atoms with Crippen LogP contribution in [0.4, 0.5) is 0 Å². The molecule has 6 nitrogen and oxygen atoms in total. The van der Waals surface area contributed by atoms with Gasteiger partial charge in [-0.3, -0.25) is 4.79 Å². The minimum Gasteiger partial charge on any atom is -0.339 e. The molecule has 0 atom stereocenters. The zero-order valence-electron chi connectivity index (χ0n) is 14.7. The third-order valence-corrected chi connectivity index (χ3v) is 4.60. The van der Waals surface area contributed by atoms with Crippen LogP contribution in [0, 0.1) is 12.8 Å². The average Bonchev–Trinajstić information content (AvgIpc) is 2.96. The molecule has 0 saturated carbocycles. The standard InChI is InChI=1S/C18H22ClN5O/c1-12(2)11-16(25)23-9-6-14(7-10-23)17-13(3)24(22-21-17)15-5-4-8-20-18(15)19/h4-6,8,12H,7,9-11H2,1-3H3. The summed E-state index contributed by atoms with van der Waals surface area (Å²) >= 11 is 6.16. The number of hydrogen-bond acceptors (Lipinski definition) is 4. The Morgan fingerprint density at radius 3 is 2.84 bits per heavy atom. The fourth-order valence-electron chi connectivity index (χ4n) is 2.98. The Bertz CT molecular complexity index is 812. The minimum absolute atomic E-state index is 0.216. The molecular weight excluding hydrogens is 338 g/mol. The average molecular weight is 360 g/mol. The number of carbonyl (C=O) groups is 1. The van der Waals surface area contributed by atoms with Crippen molar-refractivity contribution in [2.75, 3.05) is 13.1 Å². The van der Waals surface area contributed by atoms with Crippen LogP contribution in [0.1, 0.15) is 38.1 Å². The van der Waals surface area contributed by atoms with Crippen LogP contribution in [0.2, 0.25) is 5.15 Å². The van der Waals surface area contributed by atoms with E-state index in [0.717, 1.165) is 29.9 Å². The van der Waals surface area contributed by atoms with Crippen molar-refractivity contribution in [1.29, 1.82) is 0 Å². The lowest BCUT2D eigenvalue weighted by molar-refractivity contribution is -0.131. The van der Waals surface area contributed by atoms with Crippen molar-refractivity contribution in [3.05, 3.63) is 40.9 Å². The molecule has 0 spiro atoms. The molecule has 1 aliphatic rings. The molecule has 2 aromatic heterocycles. The maximum Gasteiger partial charge on any atom is 0.223 e. The Hall–Kier alpha value is -2.21. The Morgan fingerprint density at radius 1 is 1.40 bits per heavy atom. The number of halogens is 1. The third-order valence-electron chi connectivity index (χ3n) is 4.31. The van der Waals surface area contributed by atoms with Crippen LogP contribution < -0.4 is 0 Å². The quantitative estimate of drug-likeness (QED) is 0.786. The first-order valence-electron chi connectivity index (χ1n) is 8.47. The van der Waals surface area contributed by atoms with Crippen molar-refractivity contribution in [2.24, 2.45) is 5.92 Å². The van der Waals surface area contributed by atoms with Crippen molar-refractivity contribution in [2.45, 2.75) is 33.6 Å². The fourth-order valence-corrected chi connectivity index (χ4v) is 3.18. The van der Waals surface area contributed by atoms with Crippen LogP contribution in [-0.2, 0) is 4.79 Å². The Morgan fingerprint density at radius 2 is 2.20 bits per heavy atom. The molecule has 25 heavy (non-hydrogen) atoms. The van der Waals surface area contributed by atoms with E-state index < -0.39 is 0 Å². The minimum atomic E-state index is 0.216. The van der Waals surface area contributed by atoms with E-state index in [9.17, 15) is 4.79 Å². The van der Waals surface area contributed by atoms with Gasteiger partial charge in [-0.1, -0.05) is 36.7 Å². The number of amides is 1. The van der Waals surface area contributed by atoms with Crippen LogP contribution in [-0.4, -0.2) is 43.9 Å². The van der Waals surface area contributed by atoms with Gasteiger partial charge >= 0.3 is 0 Å². The predicted molar refractivity (Wildman–Crippen MR) is 97.5 cm³/mol. The van der Waals surface area contributed by atoms with Gasteiger partial charge in [0.1, 0.15) is 11.4 Å². The van der Waals surface area contributed by atoms with Crippen molar-refractivity contribution < 1.29 is 4.79 Å². The van der Waals surface area contributed by atoms with E-state index in [1.807, 2.05) is 24.0 Å². The second-order valence-electron chi connectivity index (χ2n) is 6.67. The maximum atomic E-state index is 12.2. The molecule has 1 aliphatic heterocycles. The van der Waals surface area contributed by atoms with Gasteiger partial charge in [-0.2, -0.15) is 0 Å². The first kappa shape index (κ1) is 17.6. The molecule has 1 amide bonds. The molecule has 0 fully saturated rings. The number of hydrogen-bond donors (Lipinski definition) is 0. The molecule has 0 bridgehead atoms. The lowest BCUT2D eigenvalue weighted by atomic mass is 10.0. The van der Waals surface area contributed by atoms with Crippen LogP contribution in [0.25, 0.3) is 11.3 Å². The molecule has 0 radical (unpaired) electrons. The number of aromatic nitrogens is 4. The summed E-state index contributed by atoms with van der Waals surface area (Å²) in [5.41, 5.74) is 3.61. The SMILES string of the molecule is Cc1c(C2=CCN(C(=O)CC(C)C)CC2)nnn1-c1cccnc1Cl. The van der Waals surface area contributed by atoms with Crippen molar-refractivity contribution in [1.82, 2.24) is 24.9 Å². The van der Waals surface area contributed by atoms with Crippen molar-refractivity contribution in [3.63, 3.8) is 0 Å². The Kier molecular flexibility index (Phi) is 5.18. The number of carbonyl (C=O) groups excluding carboxylic acids is 1. The molecule has 0 aromatic carbocycles. The molecule has 3 rings (SSSR count). The molecule has 0 aliphatic carbocycles. The van der Waals surface area contributed by atoms with Crippen molar-refractivity contribution >= 4 is 23.1 Å². The fraction of sp³-hybridized carbons (Fsp3) is 0.444. The molecule has 0 unspecified atom stereocenters. The molecule has 0 N–H and O–H groups in total. The molecule has 7 heteroatoms. The molecule has 3 heterocycles. The molecule has 132 valence electrons. The number of rotatable bonds is 4. The largest absolute Gasteiger partial charge is 0.339 e. The molecule has 2 aromatic rings. The molecule has 0 saturated heterocycles. The van der Waals surface area contributed by atoms with Gasteiger partial charge < -0.3 is 4.90 Å². The number of nitrogens with zero attached hydrogens (tertiary/aromatic N) is 5. The van der Waals surface area contributed by atoms with Gasteiger partial charge in [0.2, 0.25) is 5.91 Å². The smallest absolute Gasteiger partial charge is 0.223 e. The van der Waals surface area contributed by atoms with Gasteiger partial charge in [-0.25, -0.2) is 9.67 Å². The molecular formula is C18H22ClN5O. The Labute approximate surface area is 152 Å². The zero-order valence-corrected chi connectivity index (χ0v) is 15.5. The Balaban J connectivity index is 1.79. The van der Waals surface area contributed by atoms with Gasteiger partial charge in [-0.05, 0) is 37.0 Å². The highest BCUT2D eigenvalue weighted by Crippen LogP contribution is 2.26. The summed E-state index contributed by atoms with van der Waals surface area (Å²) < 4.78 is 1.71. The summed E-state index contributed by atoms with van der Waals surface area (Å²) in [6.07, 6.45) is 5.10. The summed E-state index contributed by atoms with van der Waals surface area (Å²) in [7, 11) is 0. The second kappa shape index (κ2) is 7.35. The topological polar surface area (TPSA) is 63.9 Å². The summed E-state index contributed by atoms with van der Waals surface area (Å²) in [6.45, 7) is 7.44. The van der Waals surface area contributed by atoms with Gasteiger partial charge in [-0.15, -0.1) is 5.10 Å². The third kappa shape index (κ3) is 3.74. The van der Waals surface area contributed by atoms with Crippen LogP contribution in [0.3, 0.4) is 0 Å². The van der Waals surface area contributed by atoms with E-state index in [1.165, 1.54) is 0 Å². The summed E-state index contributed by atoms with van der Waals surface area (Å²) in [6, 6.07) is 3.68. The normalized spacial score (nSPS) is 14.8. The van der Waals surface area contributed by atoms with E-state index in [-0.39, 0.29) is 5.91 Å². The summed E-state index contributed by atoms with van der Waals surface area (Å²) in [5, 5.41) is 8.96. The van der Waals surface area contributed by atoms with Gasteiger partial charge in [0.15, 0.2) is 5.15 Å². The van der Waals surface area contributed by atoms with Gasteiger partial charge in [0.25, 0.3) is 0 Å². The van der Waals surface area contributed by atoms with Crippen LogP contribution in [0.15, 0.2) is 24.4 Å².